The lowest BCUT2D eigenvalue weighted by Gasteiger charge is -2.08. The second-order valence-corrected chi connectivity index (χ2v) is 4.84. The molecule has 0 fully saturated rings. The first kappa shape index (κ1) is 13.4. The number of thiazole rings is 1. The molecule has 0 unspecified atom stereocenters. The zero-order chi connectivity index (χ0) is 13.8. The van der Waals surface area contributed by atoms with E-state index in [4.69, 9.17) is 9.47 Å². The summed E-state index contributed by atoms with van der Waals surface area (Å²) in [6, 6.07) is 5.41. The number of hydrogen-bond donors (Lipinski definition) is 1. The minimum Gasteiger partial charge on any atom is -0.496 e. The molecule has 1 aromatic heterocycles. The Hall–Kier alpha value is -2.08. The SMILES string of the molecule is COc1cnc(NC(=O)c2ccc(C)cc2OC)s1. The Morgan fingerprint density at radius 3 is 2.74 bits per heavy atom. The maximum atomic E-state index is 12.1. The monoisotopic (exact) mass is 278 g/mol. The van der Waals surface area contributed by atoms with Crippen molar-refractivity contribution in [1.82, 2.24) is 4.98 Å². The molecule has 6 heteroatoms. The van der Waals surface area contributed by atoms with Gasteiger partial charge in [0.1, 0.15) is 5.75 Å². The van der Waals surface area contributed by atoms with E-state index in [0.29, 0.717) is 21.5 Å². The molecule has 0 saturated carbocycles. The van der Waals surface area contributed by atoms with Gasteiger partial charge in [0.2, 0.25) is 0 Å². The van der Waals surface area contributed by atoms with Crippen LogP contribution in [-0.2, 0) is 0 Å². The number of amides is 1. The van der Waals surface area contributed by atoms with E-state index < -0.39 is 0 Å². The third-order valence-electron chi connectivity index (χ3n) is 2.51. The highest BCUT2D eigenvalue weighted by Gasteiger charge is 2.14. The number of hydrogen-bond acceptors (Lipinski definition) is 5. The smallest absolute Gasteiger partial charge is 0.261 e. The van der Waals surface area contributed by atoms with Gasteiger partial charge < -0.3 is 9.47 Å². The summed E-state index contributed by atoms with van der Waals surface area (Å²) in [6.07, 6.45) is 1.56. The van der Waals surface area contributed by atoms with Gasteiger partial charge in [-0.1, -0.05) is 17.4 Å². The van der Waals surface area contributed by atoms with E-state index in [9.17, 15) is 4.79 Å². The first-order valence-electron chi connectivity index (χ1n) is 5.60. The predicted octanol–water partition coefficient (Wildman–Crippen LogP) is 2.72. The van der Waals surface area contributed by atoms with Crippen molar-refractivity contribution in [2.24, 2.45) is 0 Å². The number of aryl methyl sites for hydroxylation is 1. The molecule has 2 rings (SSSR count). The highest BCUT2D eigenvalue weighted by Crippen LogP contribution is 2.26. The number of methoxy groups -OCH3 is 2. The zero-order valence-corrected chi connectivity index (χ0v) is 11.7. The second kappa shape index (κ2) is 5.71. The van der Waals surface area contributed by atoms with Crippen molar-refractivity contribution >= 4 is 22.4 Å². The van der Waals surface area contributed by atoms with Crippen LogP contribution in [-0.4, -0.2) is 25.1 Å². The van der Waals surface area contributed by atoms with Crippen LogP contribution >= 0.6 is 11.3 Å². The summed E-state index contributed by atoms with van der Waals surface area (Å²) in [5, 5.41) is 3.85. The fourth-order valence-electron chi connectivity index (χ4n) is 1.56. The Morgan fingerprint density at radius 1 is 1.32 bits per heavy atom. The summed E-state index contributed by atoms with van der Waals surface area (Å²) in [6.45, 7) is 1.94. The van der Waals surface area contributed by atoms with Gasteiger partial charge in [-0.15, -0.1) is 0 Å². The second-order valence-electron chi connectivity index (χ2n) is 3.85. The summed E-state index contributed by atoms with van der Waals surface area (Å²) < 4.78 is 10.2. The Bertz CT molecular complexity index is 595. The summed E-state index contributed by atoms with van der Waals surface area (Å²) in [7, 11) is 3.10. The summed E-state index contributed by atoms with van der Waals surface area (Å²) >= 11 is 1.27. The van der Waals surface area contributed by atoms with Gasteiger partial charge in [0.25, 0.3) is 5.91 Å². The van der Waals surface area contributed by atoms with E-state index in [1.54, 1.807) is 19.4 Å². The third-order valence-corrected chi connectivity index (χ3v) is 3.38. The van der Waals surface area contributed by atoms with E-state index >= 15 is 0 Å². The molecule has 2 aromatic rings. The highest BCUT2D eigenvalue weighted by molar-refractivity contribution is 7.17. The molecule has 0 aliphatic carbocycles. The minimum absolute atomic E-state index is 0.256. The van der Waals surface area contributed by atoms with Crippen molar-refractivity contribution in [3.8, 4) is 10.8 Å². The molecular weight excluding hydrogens is 264 g/mol. The normalized spacial score (nSPS) is 10.1. The molecule has 100 valence electrons. The fraction of sp³-hybridized carbons (Fsp3) is 0.231. The number of carbonyl (C=O) groups is 1. The maximum absolute atomic E-state index is 12.1. The van der Waals surface area contributed by atoms with E-state index in [-0.39, 0.29) is 5.91 Å². The van der Waals surface area contributed by atoms with Crippen LogP contribution in [0.5, 0.6) is 10.8 Å². The van der Waals surface area contributed by atoms with Crippen LogP contribution in [0.2, 0.25) is 0 Å². The number of aromatic nitrogens is 1. The van der Waals surface area contributed by atoms with Crippen LogP contribution in [0.1, 0.15) is 15.9 Å². The third kappa shape index (κ3) is 3.03. The number of anilines is 1. The minimum atomic E-state index is -0.256. The van der Waals surface area contributed by atoms with Crippen LogP contribution in [0.25, 0.3) is 0 Å². The Morgan fingerprint density at radius 2 is 2.11 bits per heavy atom. The van der Waals surface area contributed by atoms with Crippen LogP contribution in [0, 0.1) is 6.92 Å². The molecule has 1 aromatic carbocycles. The van der Waals surface area contributed by atoms with Crippen molar-refractivity contribution in [2.45, 2.75) is 6.92 Å². The molecule has 19 heavy (non-hydrogen) atoms. The summed E-state index contributed by atoms with van der Waals surface area (Å²) in [4.78, 5) is 16.2. The molecular formula is C13H14N2O3S. The highest BCUT2D eigenvalue weighted by atomic mass is 32.1. The lowest BCUT2D eigenvalue weighted by atomic mass is 10.1. The van der Waals surface area contributed by atoms with Gasteiger partial charge in [0, 0.05) is 0 Å². The molecule has 0 aliphatic rings. The van der Waals surface area contributed by atoms with E-state index in [1.165, 1.54) is 18.4 Å². The van der Waals surface area contributed by atoms with Gasteiger partial charge in [-0.25, -0.2) is 4.98 Å². The first-order valence-corrected chi connectivity index (χ1v) is 6.41. The molecule has 1 N–H and O–H groups in total. The molecule has 0 atom stereocenters. The van der Waals surface area contributed by atoms with Crippen molar-refractivity contribution in [1.29, 1.82) is 0 Å². The lowest BCUT2D eigenvalue weighted by molar-refractivity contribution is 0.102. The Kier molecular flexibility index (Phi) is 4.01. The molecule has 0 radical (unpaired) electrons. The van der Waals surface area contributed by atoms with Crippen LogP contribution < -0.4 is 14.8 Å². The van der Waals surface area contributed by atoms with Crippen LogP contribution in [0.3, 0.4) is 0 Å². The van der Waals surface area contributed by atoms with E-state index in [0.717, 1.165) is 5.56 Å². The number of nitrogens with zero attached hydrogens (tertiary/aromatic N) is 1. The Labute approximate surface area is 115 Å². The number of nitrogens with one attached hydrogen (secondary N) is 1. The van der Waals surface area contributed by atoms with Gasteiger partial charge in [-0.05, 0) is 24.6 Å². The predicted molar refractivity (Wildman–Crippen MR) is 74.4 cm³/mol. The van der Waals surface area contributed by atoms with Crippen molar-refractivity contribution in [3.63, 3.8) is 0 Å². The van der Waals surface area contributed by atoms with Crippen LogP contribution in [0.15, 0.2) is 24.4 Å². The van der Waals surface area contributed by atoms with Gasteiger partial charge in [0.15, 0.2) is 10.2 Å². The number of rotatable bonds is 4. The maximum Gasteiger partial charge on any atom is 0.261 e. The van der Waals surface area contributed by atoms with Crippen LogP contribution in [0.4, 0.5) is 5.13 Å². The molecule has 0 aliphatic heterocycles. The van der Waals surface area contributed by atoms with E-state index in [2.05, 4.69) is 10.3 Å². The quantitative estimate of drug-likeness (QED) is 0.934. The van der Waals surface area contributed by atoms with E-state index in [1.807, 2.05) is 19.1 Å². The molecule has 0 spiro atoms. The zero-order valence-electron chi connectivity index (χ0n) is 10.9. The molecule has 0 saturated heterocycles. The molecule has 0 bridgehead atoms. The van der Waals surface area contributed by atoms with Crippen molar-refractivity contribution in [3.05, 3.63) is 35.5 Å². The number of carbonyl (C=O) groups excluding carboxylic acids is 1. The first-order chi connectivity index (χ1) is 9.13. The number of ether oxygens (including phenoxy) is 2. The average molecular weight is 278 g/mol. The number of benzene rings is 1. The summed E-state index contributed by atoms with van der Waals surface area (Å²) in [5.41, 5.74) is 1.51. The average Bonchev–Trinajstić information content (AvgIpc) is 2.86. The van der Waals surface area contributed by atoms with Gasteiger partial charge in [-0.3, -0.25) is 10.1 Å². The fourth-order valence-corrected chi connectivity index (χ4v) is 2.19. The molecule has 5 nitrogen and oxygen atoms in total. The van der Waals surface area contributed by atoms with Gasteiger partial charge in [-0.2, -0.15) is 0 Å². The summed E-state index contributed by atoms with van der Waals surface area (Å²) in [5.74, 6) is 0.287. The van der Waals surface area contributed by atoms with Gasteiger partial charge in [0.05, 0.1) is 26.0 Å². The lowest BCUT2D eigenvalue weighted by Crippen LogP contribution is -2.13. The largest absolute Gasteiger partial charge is 0.496 e. The Balaban J connectivity index is 2.20. The van der Waals surface area contributed by atoms with Gasteiger partial charge >= 0.3 is 0 Å². The standard InChI is InChI=1S/C13H14N2O3S/c1-8-4-5-9(10(6-8)17-2)12(16)15-13-14-7-11(18-3)19-13/h4-7H,1-3H3,(H,14,15,16). The topological polar surface area (TPSA) is 60.5 Å². The van der Waals surface area contributed by atoms with Crippen molar-refractivity contribution in [2.75, 3.05) is 19.5 Å². The molecule has 1 heterocycles. The molecule has 1 amide bonds. The van der Waals surface area contributed by atoms with Crippen molar-refractivity contribution < 1.29 is 14.3 Å².